The van der Waals surface area contributed by atoms with Gasteiger partial charge in [-0.05, 0) is 78.9 Å². The van der Waals surface area contributed by atoms with E-state index in [9.17, 15) is 5.11 Å². The van der Waals surface area contributed by atoms with Gasteiger partial charge in [-0.15, -0.1) is 0 Å². The number of rotatable bonds is 0. The van der Waals surface area contributed by atoms with Crippen LogP contribution in [0.5, 0.6) is 0 Å². The molecule has 2 N–H and O–H groups in total. The molecule has 1 aromatic heterocycles. The molecule has 3 heteroatoms. The molecule has 0 amide bonds. The number of aromatic amines is 1. The molecule has 0 radical (unpaired) electrons. The summed E-state index contributed by atoms with van der Waals surface area (Å²) in [7, 11) is 0. The molecule has 5 rings (SSSR count). The van der Waals surface area contributed by atoms with Gasteiger partial charge in [0.05, 0.1) is 17.8 Å². The second-order valence-corrected chi connectivity index (χ2v) is 8.02. The molecule has 0 saturated heterocycles. The van der Waals surface area contributed by atoms with Crippen LogP contribution in [0.15, 0.2) is 18.3 Å². The summed E-state index contributed by atoms with van der Waals surface area (Å²) in [5.41, 5.74) is 4.47. The molecule has 2 saturated carbocycles. The maximum Gasteiger partial charge on any atom is 0.0653 e. The van der Waals surface area contributed by atoms with E-state index in [-0.39, 0.29) is 11.5 Å². The fraction of sp³-hybridized carbons (Fsp3) is 0.632. The lowest BCUT2D eigenvalue weighted by Crippen LogP contribution is -2.43. The van der Waals surface area contributed by atoms with Crippen LogP contribution in [0.25, 0.3) is 10.9 Å². The first kappa shape index (κ1) is 13.1. The van der Waals surface area contributed by atoms with E-state index < -0.39 is 0 Å². The number of nitrogens with one attached hydrogen (secondary N) is 1. The van der Waals surface area contributed by atoms with Crippen molar-refractivity contribution in [2.75, 3.05) is 0 Å². The Bertz CT molecular complexity index is 736. The van der Waals surface area contributed by atoms with E-state index in [1.807, 2.05) is 6.20 Å². The smallest absolute Gasteiger partial charge is 0.0653 e. The number of nitrogens with zero attached hydrogens (tertiary/aromatic N) is 1. The van der Waals surface area contributed by atoms with Crippen molar-refractivity contribution in [1.29, 1.82) is 0 Å². The monoisotopic (exact) mass is 296 g/mol. The number of hydrogen-bond donors (Lipinski definition) is 2. The van der Waals surface area contributed by atoms with Gasteiger partial charge in [0.1, 0.15) is 0 Å². The summed E-state index contributed by atoms with van der Waals surface area (Å²) < 4.78 is 0. The van der Waals surface area contributed by atoms with Crippen LogP contribution in [-0.4, -0.2) is 21.4 Å². The minimum atomic E-state index is -0.0730. The molecule has 5 atom stereocenters. The molecule has 116 valence electrons. The van der Waals surface area contributed by atoms with E-state index >= 15 is 0 Å². The zero-order chi connectivity index (χ0) is 14.9. The Kier molecular flexibility index (Phi) is 2.59. The molecule has 0 spiro atoms. The van der Waals surface area contributed by atoms with Crippen LogP contribution in [0.3, 0.4) is 0 Å². The summed E-state index contributed by atoms with van der Waals surface area (Å²) in [4.78, 5) is 0. The molecule has 3 aliphatic rings. The molecule has 0 aliphatic heterocycles. The van der Waals surface area contributed by atoms with E-state index in [1.165, 1.54) is 48.6 Å². The molecule has 3 nitrogen and oxygen atoms in total. The van der Waals surface area contributed by atoms with Crippen LogP contribution in [0.2, 0.25) is 0 Å². The predicted octanol–water partition coefficient (Wildman–Crippen LogP) is 3.78. The van der Waals surface area contributed by atoms with Gasteiger partial charge in [0.15, 0.2) is 0 Å². The summed E-state index contributed by atoms with van der Waals surface area (Å²) in [6, 6.07) is 4.56. The molecular weight excluding hydrogens is 272 g/mol. The highest BCUT2D eigenvalue weighted by atomic mass is 16.3. The Morgan fingerprint density at radius 2 is 2.14 bits per heavy atom. The Morgan fingerprint density at radius 1 is 1.23 bits per heavy atom. The van der Waals surface area contributed by atoms with Crippen molar-refractivity contribution in [2.45, 2.75) is 57.5 Å². The topological polar surface area (TPSA) is 48.9 Å². The molecule has 3 aliphatic carbocycles. The van der Waals surface area contributed by atoms with E-state index in [4.69, 9.17) is 0 Å². The number of aromatic nitrogens is 2. The van der Waals surface area contributed by atoms with E-state index in [2.05, 4.69) is 29.3 Å². The SMILES string of the molecule is CC12CCC3c4ccc5[nH]ncc5c4CCC3C1CCC2O. The van der Waals surface area contributed by atoms with Crippen LogP contribution in [-0.2, 0) is 6.42 Å². The highest BCUT2D eigenvalue weighted by molar-refractivity contribution is 5.83. The van der Waals surface area contributed by atoms with Crippen LogP contribution in [0, 0.1) is 17.3 Å². The number of aliphatic hydroxyl groups is 1. The summed E-state index contributed by atoms with van der Waals surface area (Å²) in [5, 5.41) is 19.1. The van der Waals surface area contributed by atoms with Crippen molar-refractivity contribution in [3.05, 3.63) is 29.5 Å². The number of aliphatic hydroxyl groups excluding tert-OH is 1. The third-order valence-corrected chi connectivity index (χ3v) is 7.29. The third-order valence-electron chi connectivity index (χ3n) is 7.29. The number of H-pyrrole nitrogens is 1. The first-order chi connectivity index (χ1) is 10.7. The van der Waals surface area contributed by atoms with Gasteiger partial charge in [-0.3, -0.25) is 5.10 Å². The number of fused-ring (bicyclic) bond motifs is 7. The van der Waals surface area contributed by atoms with Gasteiger partial charge in [-0.25, -0.2) is 0 Å². The normalized spacial score (nSPS) is 40.3. The number of hydrogen-bond acceptors (Lipinski definition) is 2. The van der Waals surface area contributed by atoms with Crippen LogP contribution >= 0.6 is 0 Å². The maximum atomic E-state index is 10.5. The van der Waals surface area contributed by atoms with Crippen LogP contribution in [0.4, 0.5) is 0 Å². The van der Waals surface area contributed by atoms with Crippen LogP contribution < -0.4 is 0 Å². The maximum absolute atomic E-state index is 10.5. The molecular formula is C19H24N2O. The lowest BCUT2D eigenvalue weighted by atomic mass is 9.55. The summed E-state index contributed by atoms with van der Waals surface area (Å²) in [6.07, 6.45) is 9.05. The Hall–Kier alpha value is -1.35. The van der Waals surface area contributed by atoms with Crippen molar-refractivity contribution >= 4 is 10.9 Å². The van der Waals surface area contributed by atoms with Gasteiger partial charge < -0.3 is 5.11 Å². The molecule has 0 bridgehead atoms. The second kappa shape index (κ2) is 4.35. The van der Waals surface area contributed by atoms with Crippen LogP contribution in [0.1, 0.15) is 56.1 Å². The molecule has 2 aromatic rings. The molecule has 2 fully saturated rings. The van der Waals surface area contributed by atoms with Crippen molar-refractivity contribution < 1.29 is 5.11 Å². The Morgan fingerprint density at radius 3 is 3.05 bits per heavy atom. The Balaban J connectivity index is 1.59. The summed E-state index contributed by atoms with van der Waals surface area (Å²) in [6.45, 7) is 2.35. The molecule has 22 heavy (non-hydrogen) atoms. The lowest BCUT2D eigenvalue weighted by Gasteiger charge is -2.50. The standard InChI is InChI=1S/C19H24N2O/c1-19-9-8-13-11-4-6-17-15(10-20-21-17)12(11)2-3-14(13)16(19)5-7-18(19)22/h4,6,10,13-14,16,18,22H,2-3,5,7-9H2,1H3,(H,20,21). The fourth-order valence-corrected chi connectivity index (χ4v) is 6.08. The fourth-order valence-electron chi connectivity index (χ4n) is 6.08. The zero-order valence-corrected chi connectivity index (χ0v) is 13.2. The van der Waals surface area contributed by atoms with E-state index in [1.54, 1.807) is 5.56 Å². The molecule has 1 aromatic carbocycles. The Labute approximate surface area is 131 Å². The van der Waals surface area contributed by atoms with Crippen molar-refractivity contribution in [2.24, 2.45) is 17.3 Å². The predicted molar refractivity (Wildman–Crippen MR) is 86.7 cm³/mol. The van der Waals surface area contributed by atoms with Gasteiger partial charge in [0, 0.05) is 5.39 Å². The zero-order valence-electron chi connectivity index (χ0n) is 13.2. The van der Waals surface area contributed by atoms with Crippen molar-refractivity contribution in [3.8, 4) is 0 Å². The number of benzene rings is 1. The van der Waals surface area contributed by atoms with Crippen molar-refractivity contribution in [1.82, 2.24) is 10.2 Å². The third kappa shape index (κ3) is 1.53. The summed E-state index contributed by atoms with van der Waals surface area (Å²) >= 11 is 0. The first-order valence-electron chi connectivity index (χ1n) is 8.81. The average Bonchev–Trinajstić information content (AvgIpc) is 3.12. The lowest BCUT2D eigenvalue weighted by molar-refractivity contribution is -0.0225. The minimum Gasteiger partial charge on any atom is -0.393 e. The summed E-state index contributed by atoms with van der Waals surface area (Å²) in [5.74, 6) is 2.19. The van der Waals surface area contributed by atoms with Gasteiger partial charge in [0.2, 0.25) is 0 Å². The van der Waals surface area contributed by atoms with Gasteiger partial charge in [-0.2, -0.15) is 5.10 Å². The molecule has 1 heterocycles. The number of aryl methyl sites for hydroxylation is 1. The highest BCUT2D eigenvalue weighted by Gasteiger charge is 2.54. The molecule has 5 unspecified atom stereocenters. The van der Waals surface area contributed by atoms with Gasteiger partial charge in [0.25, 0.3) is 0 Å². The highest BCUT2D eigenvalue weighted by Crippen LogP contribution is 2.61. The first-order valence-corrected chi connectivity index (χ1v) is 8.81. The van der Waals surface area contributed by atoms with Gasteiger partial charge >= 0.3 is 0 Å². The minimum absolute atomic E-state index is 0.0730. The average molecular weight is 296 g/mol. The van der Waals surface area contributed by atoms with Gasteiger partial charge in [-0.1, -0.05) is 13.0 Å². The quantitative estimate of drug-likeness (QED) is 0.777. The van der Waals surface area contributed by atoms with E-state index in [0.29, 0.717) is 5.92 Å². The van der Waals surface area contributed by atoms with E-state index in [0.717, 1.165) is 18.3 Å². The second-order valence-electron chi connectivity index (χ2n) is 8.02. The van der Waals surface area contributed by atoms with Crippen molar-refractivity contribution in [3.63, 3.8) is 0 Å². The largest absolute Gasteiger partial charge is 0.393 e.